The summed E-state index contributed by atoms with van der Waals surface area (Å²) in [5.74, 6) is -0.291. The van der Waals surface area contributed by atoms with Crippen LogP contribution in [0.25, 0.3) is 10.2 Å². The van der Waals surface area contributed by atoms with Crippen LogP contribution in [-0.2, 0) is 28.1 Å². The standard InChI is InChI=1S/C18H16Cl2N2O3S2/c1-3-27(24,25)12-6-4-11(5-7-12)10-15(23)21-18-22(2)17-14(26-18)9-8-13(19)16(17)20/h4-9H,3,10H2,1-2H3. The molecular formula is C18H16Cl2N2O3S2. The number of benzene rings is 2. The zero-order chi connectivity index (χ0) is 19.8. The highest BCUT2D eigenvalue weighted by Gasteiger charge is 2.13. The Kier molecular flexibility index (Phi) is 5.76. The van der Waals surface area contributed by atoms with E-state index < -0.39 is 9.84 Å². The van der Waals surface area contributed by atoms with Crippen LogP contribution >= 0.6 is 34.5 Å². The van der Waals surface area contributed by atoms with E-state index in [1.165, 1.54) is 23.5 Å². The lowest BCUT2D eigenvalue weighted by molar-refractivity contribution is -0.117. The molecule has 0 atom stereocenters. The highest BCUT2D eigenvalue weighted by molar-refractivity contribution is 7.91. The van der Waals surface area contributed by atoms with E-state index in [9.17, 15) is 13.2 Å². The smallest absolute Gasteiger partial charge is 0.252 e. The van der Waals surface area contributed by atoms with E-state index in [2.05, 4.69) is 4.99 Å². The lowest BCUT2D eigenvalue weighted by Crippen LogP contribution is -2.14. The van der Waals surface area contributed by atoms with Gasteiger partial charge in [-0.05, 0) is 29.8 Å². The number of carbonyl (C=O) groups is 1. The van der Waals surface area contributed by atoms with Gasteiger partial charge in [0.2, 0.25) is 0 Å². The predicted octanol–water partition coefficient (Wildman–Crippen LogP) is 4.01. The van der Waals surface area contributed by atoms with Gasteiger partial charge in [0, 0.05) is 7.05 Å². The second kappa shape index (κ2) is 7.75. The van der Waals surface area contributed by atoms with E-state index in [0.717, 1.165) is 10.2 Å². The van der Waals surface area contributed by atoms with Gasteiger partial charge in [0.05, 0.1) is 37.3 Å². The minimum absolute atomic E-state index is 0.0373. The van der Waals surface area contributed by atoms with Gasteiger partial charge in [-0.2, -0.15) is 4.99 Å². The number of aryl methyl sites for hydroxylation is 1. The Hall–Kier alpha value is -1.67. The summed E-state index contributed by atoms with van der Waals surface area (Å²) in [5, 5.41) is 0.868. The second-order valence-corrected chi connectivity index (χ2v) is 9.95. The van der Waals surface area contributed by atoms with Crippen LogP contribution < -0.4 is 4.80 Å². The summed E-state index contributed by atoms with van der Waals surface area (Å²) >= 11 is 13.7. The van der Waals surface area contributed by atoms with Crippen LogP contribution in [0.4, 0.5) is 0 Å². The molecule has 142 valence electrons. The Morgan fingerprint density at radius 3 is 2.44 bits per heavy atom. The van der Waals surface area contributed by atoms with E-state index >= 15 is 0 Å². The Bertz CT molecular complexity index is 1190. The molecule has 3 rings (SSSR count). The molecule has 9 heteroatoms. The van der Waals surface area contributed by atoms with E-state index in [-0.39, 0.29) is 23.0 Å². The van der Waals surface area contributed by atoms with Crippen LogP contribution in [0.15, 0.2) is 46.3 Å². The molecule has 0 unspecified atom stereocenters. The molecule has 5 nitrogen and oxygen atoms in total. The second-order valence-electron chi connectivity index (χ2n) is 5.88. The third-order valence-electron chi connectivity index (χ3n) is 4.09. The minimum atomic E-state index is -3.25. The fraction of sp³-hybridized carbons (Fsp3) is 0.222. The third-order valence-corrected chi connectivity index (χ3v) is 7.74. The van der Waals surface area contributed by atoms with Crippen molar-refractivity contribution in [1.29, 1.82) is 0 Å². The van der Waals surface area contributed by atoms with Crippen LogP contribution in [0.3, 0.4) is 0 Å². The molecule has 0 saturated heterocycles. The summed E-state index contributed by atoms with van der Waals surface area (Å²) in [7, 11) is -1.48. The van der Waals surface area contributed by atoms with Gasteiger partial charge in [-0.3, -0.25) is 4.79 Å². The summed E-state index contributed by atoms with van der Waals surface area (Å²) < 4.78 is 26.3. The average molecular weight is 443 g/mol. The summed E-state index contributed by atoms with van der Waals surface area (Å²) in [6, 6.07) is 9.85. The number of aromatic nitrogens is 1. The van der Waals surface area contributed by atoms with Crippen molar-refractivity contribution in [3.63, 3.8) is 0 Å². The third kappa shape index (κ3) is 4.11. The molecule has 1 aromatic heterocycles. The summed E-state index contributed by atoms with van der Waals surface area (Å²) in [4.78, 5) is 17.3. The van der Waals surface area contributed by atoms with Gasteiger partial charge in [0.1, 0.15) is 0 Å². The molecular weight excluding hydrogens is 427 g/mol. The average Bonchev–Trinajstić information content (AvgIpc) is 2.95. The largest absolute Gasteiger partial charge is 0.318 e. The molecule has 0 aliphatic carbocycles. The molecule has 27 heavy (non-hydrogen) atoms. The zero-order valence-electron chi connectivity index (χ0n) is 14.6. The zero-order valence-corrected chi connectivity index (χ0v) is 17.7. The number of halogens is 2. The van der Waals surface area contributed by atoms with Gasteiger partial charge < -0.3 is 4.57 Å². The number of rotatable bonds is 4. The number of amides is 1. The van der Waals surface area contributed by atoms with Crippen molar-refractivity contribution in [3.8, 4) is 0 Å². The topological polar surface area (TPSA) is 68.5 Å². The first-order valence-electron chi connectivity index (χ1n) is 8.05. The monoisotopic (exact) mass is 442 g/mol. The molecule has 0 fully saturated rings. The van der Waals surface area contributed by atoms with Crippen molar-refractivity contribution in [2.24, 2.45) is 12.0 Å². The molecule has 0 N–H and O–H groups in total. The first kappa shape index (κ1) is 20.1. The lowest BCUT2D eigenvalue weighted by atomic mass is 10.1. The Labute approximate surface area is 170 Å². The van der Waals surface area contributed by atoms with Crippen molar-refractivity contribution >= 4 is 60.5 Å². The lowest BCUT2D eigenvalue weighted by Gasteiger charge is -2.03. The van der Waals surface area contributed by atoms with E-state index in [1.54, 1.807) is 36.7 Å². The summed E-state index contributed by atoms with van der Waals surface area (Å²) in [5.41, 5.74) is 1.43. The molecule has 2 aromatic carbocycles. The first-order chi connectivity index (χ1) is 12.7. The number of thiazole rings is 1. The van der Waals surface area contributed by atoms with Gasteiger partial charge in [0.15, 0.2) is 14.6 Å². The Morgan fingerprint density at radius 1 is 1.15 bits per heavy atom. The molecule has 0 spiro atoms. The fourth-order valence-corrected chi connectivity index (χ4v) is 5.01. The maximum absolute atomic E-state index is 12.4. The van der Waals surface area contributed by atoms with Crippen LogP contribution in [0.5, 0.6) is 0 Å². The molecule has 0 saturated carbocycles. The number of fused-ring (bicyclic) bond motifs is 1. The van der Waals surface area contributed by atoms with Crippen LogP contribution in [0.1, 0.15) is 12.5 Å². The van der Waals surface area contributed by atoms with Gasteiger partial charge in [-0.25, -0.2) is 8.42 Å². The van der Waals surface area contributed by atoms with Crippen LogP contribution in [0, 0.1) is 0 Å². The van der Waals surface area contributed by atoms with Gasteiger partial charge >= 0.3 is 0 Å². The molecule has 0 aliphatic heterocycles. The highest BCUT2D eigenvalue weighted by atomic mass is 35.5. The molecule has 0 aliphatic rings. The van der Waals surface area contributed by atoms with Gasteiger partial charge in [0.25, 0.3) is 5.91 Å². The SMILES string of the molecule is CCS(=O)(=O)c1ccc(CC(=O)N=c2sc3ccc(Cl)c(Cl)c3n2C)cc1. The maximum Gasteiger partial charge on any atom is 0.252 e. The molecule has 1 heterocycles. The van der Waals surface area contributed by atoms with Crippen LogP contribution in [-0.4, -0.2) is 24.6 Å². The summed E-state index contributed by atoms with van der Waals surface area (Å²) in [6.07, 6.45) is 0.0786. The summed E-state index contributed by atoms with van der Waals surface area (Å²) in [6.45, 7) is 1.59. The first-order valence-corrected chi connectivity index (χ1v) is 11.3. The molecule has 1 amide bonds. The maximum atomic E-state index is 12.4. The van der Waals surface area contributed by atoms with E-state index in [1.807, 2.05) is 6.07 Å². The Balaban J connectivity index is 1.88. The van der Waals surface area contributed by atoms with E-state index in [0.29, 0.717) is 20.4 Å². The van der Waals surface area contributed by atoms with Crippen molar-refractivity contribution in [2.75, 3.05) is 5.75 Å². The highest BCUT2D eigenvalue weighted by Crippen LogP contribution is 2.31. The number of sulfone groups is 1. The van der Waals surface area contributed by atoms with Crippen molar-refractivity contribution in [2.45, 2.75) is 18.2 Å². The number of hydrogen-bond donors (Lipinski definition) is 0. The molecule has 3 aromatic rings. The van der Waals surface area contributed by atoms with Crippen molar-refractivity contribution in [1.82, 2.24) is 4.57 Å². The molecule has 0 radical (unpaired) electrons. The van der Waals surface area contributed by atoms with Crippen LogP contribution in [0.2, 0.25) is 10.0 Å². The normalized spacial score (nSPS) is 12.7. The van der Waals surface area contributed by atoms with Gasteiger partial charge in [-0.1, -0.05) is 53.6 Å². The van der Waals surface area contributed by atoms with E-state index in [4.69, 9.17) is 23.2 Å². The number of hydrogen-bond acceptors (Lipinski definition) is 4. The predicted molar refractivity (Wildman–Crippen MR) is 109 cm³/mol. The van der Waals surface area contributed by atoms with Gasteiger partial charge in [-0.15, -0.1) is 0 Å². The minimum Gasteiger partial charge on any atom is -0.318 e. The van der Waals surface area contributed by atoms with Crippen molar-refractivity contribution < 1.29 is 13.2 Å². The fourth-order valence-electron chi connectivity index (χ4n) is 2.58. The quantitative estimate of drug-likeness (QED) is 0.612. The number of nitrogens with zero attached hydrogens (tertiary/aromatic N) is 2. The Morgan fingerprint density at radius 2 is 1.81 bits per heavy atom. The number of carbonyl (C=O) groups excluding carboxylic acids is 1. The van der Waals surface area contributed by atoms with Crippen molar-refractivity contribution in [3.05, 3.63) is 56.8 Å². The molecule has 0 bridgehead atoms.